The third-order valence-corrected chi connectivity index (χ3v) is 2.78. The average molecular weight is 298 g/mol. The van der Waals surface area contributed by atoms with E-state index in [0.29, 0.717) is 22.4 Å². The van der Waals surface area contributed by atoms with Crippen LogP contribution in [0.3, 0.4) is 0 Å². The lowest BCUT2D eigenvalue weighted by atomic mass is 10.2. The van der Waals surface area contributed by atoms with Gasteiger partial charge in [0.15, 0.2) is 0 Å². The van der Waals surface area contributed by atoms with Crippen LogP contribution in [-0.2, 0) is 19.1 Å². The molecule has 0 N–H and O–H groups in total. The summed E-state index contributed by atoms with van der Waals surface area (Å²) in [4.78, 5) is 31.3. The summed E-state index contributed by atoms with van der Waals surface area (Å²) < 4.78 is 9.10. The van der Waals surface area contributed by atoms with Gasteiger partial charge in [-0.2, -0.15) is 0 Å². The molecule has 0 aliphatic heterocycles. The van der Waals surface area contributed by atoms with Crippen LogP contribution in [0.5, 0.6) is 0 Å². The molecule has 0 aliphatic carbocycles. The zero-order chi connectivity index (χ0) is 15.9. The Labute approximate surface area is 127 Å². The van der Waals surface area contributed by atoms with Crippen LogP contribution < -0.4 is 0 Å². The topological polar surface area (TPSA) is 78.4 Å². The summed E-state index contributed by atoms with van der Waals surface area (Å²) in [5, 5.41) is 0. The predicted molar refractivity (Wildman–Crippen MR) is 81.6 cm³/mol. The van der Waals surface area contributed by atoms with Gasteiger partial charge in [0.25, 0.3) is 0 Å². The fourth-order valence-electron chi connectivity index (χ4n) is 1.70. The highest BCUT2D eigenvalue weighted by Gasteiger charge is 2.05. The van der Waals surface area contributed by atoms with Gasteiger partial charge in [-0.1, -0.05) is 12.1 Å². The van der Waals surface area contributed by atoms with Gasteiger partial charge in [0.2, 0.25) is 0 Å². The molecule has 6 nitrogen and oxygen atoms in total. The van der Waals surface area contributed by atoms with Gasteiger partial charge in [-0.15, -0.1) is 0 Å². The van der Waals surface area contributed by atoms with Crippen molar-refractivity contribution in [2.24, 2.45) is 0 Å². The van der Waals surface area contributed by atoms with E-state index >= 15 is 0 Å². The first kappa shape index (κ1) is 15.4. The summed E-state index contributed by atoms with van der Waals surface area (Å²) in [5.74, 6) is -1.00. The molecule has 0 amide bonds. The Bertz CT molecular complexity index is 701. The van der Waals surface area contributed by atoms with E-state index in [9.17, 15) is 9.59 Å². The van der Waals surface area contributed by atoms with Crippen LogP contribution in [0.1, 0.15) is 11.4 Å². The fourth-order valence-corrected chi connectivity index (χ4v) is 1.70. The molecule has 2 rings (SSSR count). The summed E-state index contributed by atoms with van der Waals surface area (Å²) in [6, 6.07) is 7.31. The molecule has 112 valence electrons. The van der Waals surface area contributed by atoms with Gasteiger partial charge in [0.1, 0.15) is 0 Å². The normalized spacial score (nSPS) is 11.2. The molecule has 0 saturated carbocycles. The standard InChI is InChI=1S/C16H14N2O4/c1-21-15(19)9-7-13-14(8-10-16(20)22-2)18-12-6-4-3-5-11(12)17-13/h3-10H,1-2H3/b9-7+,10-8+. The van der Waals surface area contributed by atoms with Gasteiger partial charge in [-0.3, -0.25) is 0 Å². The lowest BCUT2D eigenvalue weighted by molar-refractivity contribution is -0.135. The number of hydrogen-bond donors (Lipinski definition) is 0. The van der Waals surface area contributed by atoms with E-state index in [2.05, 4.69) is 19.4 Å². The van der Waals surface area contributed by atoms with Gasteiger partial charge in [-0.05, 0) is 24.3 Å². The van der Waals surface area contributed by atoms with Crippen molar-refractivity contribution in [1.82, 2.24) is 9.97 Å². The molecule has 0 fully saturated rings. The van der Waals surface area contributed by atoms with Crippen molar-refractivity contribution in [2.75, 3.05) is 14.2 Å². The first-order valence-corrected chi connectivity index (χ1v) is 6.43. The molecule has 0 saturated heterocycles. The van der Waals surface area contributed by atoms with Crippen LogP contribution in [-0.4, -0.2) is 36.1 Å². The Kier molecular flexibility index (Phi) is 4.98. The SMILES string of the molecule is COC(=O)/C=C/c1nc2ccccc2nc1/C=C/C(=O)OC. The van der Waals surface area contributed by atoms with E-state index in [0.717, 1.165) is 0 Å². The number of fused-ring (bicyclic) bond motifs is 1. The lowest BCUT2D eigenvalue weighted by Gasteiger charge is -2.03. The summed E-state index contributed by atoms with van der Waals surface area (Å²) in [5.41, 5.74) is 2.26. The van der Waals surface area contributed by atoms with E-state index in [1.807, 2.05) is 24.3 Å². The monoisotopic (exact) mass is 298 g/mol. The van der Waals surface area contributed by atoms with Crippen molar-refractivity contribution in [1.29, 1.82) is 0 Å². The Morgan fingerprint density at radius 3 is 1.64 bits per heavy atom. The Balaban J connectivity index is 2.49. The quantitative estimate of drug-likeness (QED) is 0.634. The van der Waals surface area contributed by atoms with E-state index in [1.165, 1.54) is 38.5 Å². The van der Waals surface area contributed by atoms with E-state index in [4.69, 9.17) is 0 Å². The molecule has 22 heavy (non-hydrogen) atoms. The maximum absolute atomic E-state index is 11.2. The number of nitrogens with zero attached hydrogens (tertiary/aromatic N) is 2. The molecule has 1 heterocycles. The van der Waals surface area contributed by atoms with Crippen LogP contribution in [0.4, 0.5) is 0 Å². The van der Waals surface area contributed by atoms with Crippen LogP contribution in [0.25, 0.3) is 23.2 Å². The molecule has 0 unspecified atom stereocenters. The largest absolute Gasteiger partial charge is 0.466 e. The van der Waals surface area contributed by atoms with Crippen LogP contribution >= 0.6 is 0 Å². The van der Waals surface area contributed by atoms with Crippen LogP contribution in [0, 0.1) is 0 Å². The van der Waals surface area contributed by atoms with E-state index in [1.54, 1.807) is 0 Å². The molecule has 0 atom stereocenters. The second-order valence-corrected chi connectivity index (χ2v) is 4.20. The second-order valence-electron chi connectivity index (χ2n) is 4.20. The summed E-state index contributed by atoms with van der Waals surface area (Å²) in [6.07, 6.45) is 5.47. The smallest absolute Gasteiger partial charge is 0.330 e. The minimum absolute atomic E-state index is 0.448. The summed E-state index contributed by atoms with van der Waals surface area (Å²) in [6.45, 7) is 0. The number of carbonyl (C=O) groups is 2. The van der Waals surface area contributed by atoms with Crippen molar-refractivity contribution in [3.63, 3.8) is 0 Å². The molecule has 2 aromatic rings. The number of carbonyl (C=O) groups excluding carboxylic acids is 2. The predicted octanol–water partition coefficient (Wildman–Crippen LogP) is 2.00. The highest BCUT2D eigenvalue weighted by Crippen LogP contribution is 2.15. The van der Waals surface area contributed by atoms with Crippen molar-refractivity contribution >= 4 is 35.1 Å². The zero-order valence-electron chi connectivity index (χ0n) is 12.1. The maximum atomic E-state index is 11.2. The fraction of sp³-hybridized carbons (Fsp3) is 0.125. The molecule has 1 aromatic heterocycles. The van der Waals surface area contributed by atoms with Crippen molar-refractivity contribution < 1.29 is 19.1 Å². The van der Waals surface area contributed by atoms with Crippen LogP contribution in [0.2, 0.25) is 0 Å². The maximum Gasteiger partial charge on any atom is 0.330 e. The Morgan fingerprint density at radius 2 is 1.27 bits per heavy atom. The Hall–Kier alpha value is -3.02. The number of benzene rings is 1. The number of para-hydroxylation sites is 2. The number of aromatic nitrogens is 2. The summed E-state index contributed by atoms with van der Waals surface area (Å²) >= 11 is 0. The molecule has 6 heteroatoms. The molecular weight excluding hydrogens is 284 g/mol. The highest BCUT2D eigenvalue weighted by molar-refractivity contribution is 5.90. The Morgan fingerprint density at radius 1 is 0.864 bits per heavy atom. The van der Waals surface area contributed by atoms with Crippen LogP contribution in [0.15, 0.2) is 36.4 Å². The molecule has 0 aliphatic rings. The minimum atomic E-state index is -0.502. The first-order chi connectivity index (χ1) is 10.6. The zero-order valence-corrected chi connectivity index (χ0v) is 12.1. The lowest BCUT2D eigenvalue weighted by Crippen LogP contribution is -1.98. The molecule has 0 spiro atoms. The first-order valence-electron chi connectivity index (χ1n) is 6.43. The second kappa shape index (κ2) is 7.12. The summed E-state index contributed by atoms with van der Waals surface area (Å²) in [7, 11) is 2.58. The molecule has 0 radical (unpaired) electrons. The molecule has 1 aromatic carbocycles. The van der Waals surface area contributed by atoms with E-state index in [-0.39, 0.29) is 0 Å². The minimum Gasteiger partial charge on any atom is -0.466 e. The molecular formula is C16H14N2O4. The van der Waals surface area contributed by atoms with Gasteiger partial charge >= 0.3 is 11.9 Å². The number of rotatable bonds is 4. The van der Waals surface area contributed by atoms with Crippen molar-refractivity contribution in [2.45, 2.75) is 0 Å². The van der Waals surface area contributed by atoms with Crippen molar-refractivity contribution in [3.8, 4) is 0 Å². The van der Waals surface area contributed by atoms with E-state index < -0.39 is 11.9 Å². The average Bonchev–Trinajstić information content (AvgIpc) is 2.56. The third kappa shape index (κ3) is 3.76. The van der Waals surface area contributed by atoms with Gasteiger partial charge in [0, 0.05) is 12.2 Å². The molecule has 0 bridgehead atoms. The highest BCUT2D eigenvalue weighted by atomic mass is 16.5. The third-order valence-electron chi connectivity index (χ3n) is 2.78. The van der Waals surface area contributed by atoms with Gasteiger partial charge in [0.05, 0.1) is 36.6 Å². The number of esters is 2. The van der Waals surface area contributed by atoms with Crippen molar-refractivity contribution in [3.05, 3.63) is 47.8 Å². The number of methoxy groups -OCH3 is 2. The number of ether oxygens (including phenoxy) is 2. The van der Waals surface area contributed by atoms with Gasteiger partial charge < -0.3 is 9.47 Å². The number of hydrogen-bond acceptors (Lipinski definition) is 6. The van der Waals surface area contributed by atoms with Gasteiger partial charge in [-0.25, -0.2) is 19.6 Å².